The molecular formula is C8H13N3O2. The molecule has 0 aliphatic heterocycles. The molecule has 13 heavy (non-hydrogen) atoms. The molecular weight excluding hydrogens is 170 g/mol. The van der Waals surface area contributed by atoms with Gasteiger partial charge in [-0.05, 0) is 6.92 Å². The van der Waals surface area contributed by atoms with Gasteiger partial charge in [-0.2, -0.15) is 0 Å². The lowest BCUT2D eigenvalue weighted by atomic mass is 10.3. The number of primary amides is 1. The predicted octanol–water partition coefficient (Wildman–Crippen LogP) is -0.0520. The molecule has 0 fully saturated rings. The van der Waals surface area contributed by atoms with Crippen molar-refractivity contribution in [1.82, 2.24) is 10.5 Å². The third kappa shape index (κ3) is 3.71. The van der Waals surface area contributed by atoms with Crippen molar-refractivity contribution in [2.24, 2.45) is 5.73 Å². The van der Waals surface area contributed by atoms with Crippen LogP contribution in [0.2, 0.25) is 0 Å². The van der Waals surface area contributed by atoms with Crippen LogP contribution in [0.5, 0.6) is 0 Å². The minimum absolute atomic E-state index is 0.302. The Morgan fingerprint density at radius 3 is 3.08 bits per heavy atom. The van der Waals surface area contributed by atoms with Crippen LogP contribution in [-0.4, -0.2) is 17.6 Å². The highest BCUT2D eigenvalue weighted by Crippen LogP contribution is 2.00. The number of aromatic nitrogens is 1. The summed E-state index contributed by atoms with van der Waals surface area (Å²) < 4.78 is 4.86. The first-order chi connectivity index (χ1) is 6.18. The fourth-order valence-corrected chi connectivity index (χ4v) is 0.929. The minimum Gasteiger partial charge on any atom is -0.370 e. The van der Waals surface area contributed by atoms with E-state index < -0.39 is 0 Å². The SMILES string of the molecule is Cc1cc(CNCCC(N)=O)no1. The molecule has 3 N–H and O–H groups in total. The predicted molar refractivity (Wildman–Crippen MR) is 46.8 cm³/mol. The Kier molecular flexibility index (Phi) is 3.45. The van der Waals surface area contributed by atoms with Gasteiger partial charge in [-0.25, -0.2) is 0 Å². The molecule has 0 unspecified atom stereocenters. The van der Waals surface area contributed by atoms with E-state index in [-0.39, 0.29) is 5.91 Å². The van der Waals surface area contributed by atoms with Gasteiger partial charge in [0.2, 0.25) is 5.91 Å². The van der Waals surface area contributed by atoms with Crippen LogP contribution in [0.1, 0.15) is 17.9 Å². The Bertz CT molecular complexity index is 283. The highest BCUT2D eigenvalue weighted by Gasteiger charge is 1.99. The van der Waals surface area contributed by atoms with Crippen LogP contribution >= 0.6 is 0 Å². The number of nitrogens with one attached hydrogen (secondary N) is 1. The second-order valence-electron chi connectivity index (χ2n) is 2.82. The molecule has 0 atom stereocenters. The highest BCUT2D eigenvalue weighted by molar-refractivity contribution is 5.73. The summed E-state index contributed by atoms with van der Waals surface area (Å²) >= 11 is 0. The number of aryl methyl sites for hydroxylation is 1. The molecule has 1 heterocycles. The lowest BCUT2D eigenvalue weighted by Gasteiger charge is -1.98. The first-order valence-electron chi connectivity index (χ1n) is 4.09. The van der Waals surface area contributed by atoms with E-state index in [0.29, 0.717) is 19.5 Å². The third-order valence-electron chi connectivity index (χ3n) is 1.53. The number of hydrogen-bond donors (Lipinski definition) is 2. The Labute approximate surface area is 76.3 Å². The molecule has 0 bridgehead atoms. The fraction of sp³-hybridized carbons (Fsp3) is 0.500. The molecule has 0 saturated heterocycles. The Morgan fingerprint density at radius 2 is 2.54 bits per heavy atom. The van der Waals surface area contributed by atoms with E-state index in [1.807, 2.05) is 13.0 Å². The van der Waals surface area contributed by atoms with Crippen molar-refractivity contribution in [2.75, 3.05) is 6.54 Å². The van der Waals surface area contributed by atoms with Gasteiger partial charge in [-0.1, -0.05) is 5.16 Å². The van der Waals surface area contributed by atoms with Crippen molar-refractivity contribution < 1.29 is 9.32 Å². The monoisotopic (exact) mass is 183 g/mol. The second-order valence-corrected chi connectivity index (χ2v) is 2.82. The largest absolute Gasteiger partial charge is 0.370 e. The Balaban J connectivity index is 2.16. The zero-order chi connectivity index (χ0) is 9.68. The Morgan fingerprint density at radius 1 is 1.77 bits per heavy atom. The summed E-state index contributed by atoms with van der Waals surface area (Å²) in [6.07, 6.45) is 0.344. The molecule has 5 nitrogen and oxygen atoms in total. The summed E-state index contributed by atoms with van der Waals surface area (Å²) in [5.74, 6) is 0.482. The van der Waals surface area contributed by atoms with Gasteiger partial charge in [0.15, 0.2) is 0 Å². The van der Waals surface area contributed by atoms with Crippen molar-refractivity contribution in [3.05, 3.63) is 17.5 Å². The number of rotatable bonds is 5. The van der Waals surface area contributed by atoms with Crippen LogP contribution in [0.25, 0.3) is 0 Å². The molecule has 1 aromatic rings. The molecule has 1 rings (SSSR count). The molecule has 1 amide bonds. The average Bonchev–Trinajstić information content (AvgIpc) is 2.45. The summed E-state index contributed by atoms with van der Waals surface area (Å²) in [4.78, 5) is 10.4. The maximum absolute atomic E-state index is 10.4. The van der Waals surface area contributed by atoms with E-state index in [2.05, 4.69) is 10.5 Å². The van der Waals surface area contributed by atoms with Crippen LogP contribution in [0, 0.1) is 6.92 Å². The second kappa shape index (κ2) is 4.61. The standard InChI is InChI=1S/C8H13N3O2/c1-6-4-7(11-13-6)5-10-3-2-8(9)12/h4,10H,2-3,5H2,1H3,(H2,9,12). The lowest BCUT2D eigenvalue weighted by Crippen LogP contribution is -2.21. The van der Waals surface area contributed by atoms with Crippen molar-refractivity contribution in [3.63, 3.8) is 0 Å². The molecule has 72 valence electrons. The number of carbonyl (C=O) groups is 1. The maximum atomic E-state index is 10.4. The van der Waals surface area contributed by atoms with E-state index in [4.69, 9.17) is 10.3 Å². The van der Waals surface area contributed by atoms with Crippen molar-refractivity contribution in [1.29, 1.82) is 0 Å². The maximum Gasteiger partial charge on any atom is 0.218 e. The number of nitrogens with zero attached hydrogens (tertiary/aromatic N) is 1. The smallest absolute Gasteiger partial charge is 0.218 e. The van der Waals surface area contributed by atoms with E-state index in [9.17, 15) is 4.79 Å². The molecule has 0 spiro atoms. The number of nitrogens with two attached hydrogens (primary N) is 1. The zero-order valence-corrected chi connectivity index (χ0v) is 7.54. The molecule has 0 aromatic carbocycles. The topological polar surface area (TPSA) is 81.1 Å². The molecule has 0 saturated carbocycles. The van der Waals surface area contributed by atoms with Gasteiger partial charge in [0.25, 0.3) is 0 Å². The average molecular weight is 183 g/mol. The van der Waals surface area contributed by atoms with E-state index in [0.717, 1.165) is 11.5 Å². The molecule has 0 aliphatic rings. The minimum atomic E-state index is -0.302. The first-order valence-corrected chi connectivity index (χ1v) is 4.09. The van der Waals surface area contributed by atoms with Gasteiger partial charge < -0.3 is 15.6 Å². The van der Waals surface area contributed by atoms with Crippen LogP contribution in [0.4, 0.5) is 0 Å². The van der Waals surface area contributed by atoms with Gasteiger partial charge in [-0.15, -0.1) is 0 Å². The van der Waals surface area contributed by atoms with Gasteiger partial charge in [-0.3, -0.25) is 4.79 Å². The third-order valence-corrected chi connectivity index (χ3v) is 1.53. The van der Waals surface area contributed by atoms with Crippen LogP contribution in [0.15, 0.2) is 10.6 Å². The van der Waals surface area contributed by atoms with Gasteiger partial charge in [0.1, 0.15) is 5.76 Å². The molecule has 0 radical (unpaired) electrons. The van der Waals surface area contributed by atoms with E-state index >= 15 is 0 Å². The van der Waals surface area contributed by atoms with Crippen molar-refractivity contribution in [3.8, 4) is 0 Å². The van der Waals surface area contributed by atoms with Crippen LogP contribution in [0.3, 0.4) is 0 Å². The summed E-state index contributed by atoms with van der Waals surface area (Å²) in [6.45, 7) is 3.01. The summed E-state index contributed by atoms with van der Waals surface area (Å²) in [6, 6.07) is 1.84. The molecule has 1 aromatic heterocycles. The number of amides is 1. The summed E-state index contributed by atoms with van der Waals surface area (Å²) in [5.41, 5.74) is 5.80. The van der Waals surface area contributed by atoms with Gasteiger partial charge in [0, 0.05) is 25.6 Å². The van der Waals surface area contributed by atoms with E-state index in [1.165, 1.54) is 0 Å². The summed E-state index contributed by atoms with van der Waals surface area (Å²) in [7, 11) is 0. The van der Waals surface area contributed by atoms with Gasteiger partial charge >= 0.3 is 0 Å². The van der Waals surface area contributed by atoms with Crippen molar-refractivity contribution >= 4 is 5.91 Å². The lowest BCUT2D eigenvalue weighted by molar-refractivity contribution is -0.117. The van der Waals surface area contributed by atoms with Gasteiger partial charge in [0.05, 0.1) is 5.69 Å². The summed E-state index contributed by atoms with van der Waals surface area (Å²) in [5, 5.41) is 6.80. The fourth-order valence-electron chi connectivity index (χ4n) is 0.929. The zero-order valence-electron chi connectivity index (χ0n) is 7.54. The molecule has 0 aliphatic carbocycles. The Hall–Kier alpha value is -1.36. The van der Waals surface area contributed by atoms with Crippen molar-refractivity contribution in [2.45, 2.75) is 19.9 Å². The normalized spacial score (nSPS) is 10.2. The van der Waals surface area contributed by atoms with Crippen LogP contribution < -0.4 is 11.1 Å². The van der Waals surface area contributed by atoms with Crippen LogP contribution in [-0.2, 0) is 11.3 Å². The number of carbonyl (C=O) groups excluding carboxylic acids is 1. The highest BCUT2D eigenvalue weighted by atomic mass is 16.5. The number of hydrogen-bond acceptors (Lipinski definition) is 4. The quantitative estimate of drug-likeness (QED) is 0.627. The first kappa shape index (κ1) is 9.73. The van der Waals surface area contributed by atoms with E-state index in [1.54, 1.807) is 0 Å². The molecule has 5 heteroatoms.